The van der Waals surface area contributed by atoms with Gasteiger partial charge in [-0.2, -0.15) is 4.80 Å². The highest BCUT2D eigenvalue weighted by Gasteiger charge is 2.12. The van der Waals surface area contributed by atoms with Gasteiger partial charge in [-0.05, 0) is 29.8 Å². The largest absolute Gasteiger partial charge is 0.495 e. The Morgan fingerprint density at radius 1 is 1.48 bits per heavy atom. The average molecular weight is 310 g/mol. The summed E-state index contributed by atoms with van der Waals surface area (Å²) in [5.74, 6) is 0.328. The maximum Gasteiger partial charge on any atom is 0.270 e. The summed E-state index contributed by atoms with van der Waals surface area (Å²) in [5, 5.41) is 14.7. The Morgan fingerprint density at radius 2 is 2.29 bits per heavy atom. The number of hydrogen-bond acceptors (Lipinski definition) is 5. The number of aryl methyl sites for hydroxylation is 1. The second kappa shape index (κ2) is 7.03. The number of aromatic nitrogens is 4. The van der Waals surface area contributed by atoms with Gasteiger partial charge < -0.3 is 4.74 Å². The molecule has 1 aromatic carbocycles. The Labute approximate surface area is 127 Å². The van der Waals surface area contributed by atoms with Crippen LogP contribution in [0.5, 0.6) is 5.75 Å². The van der Waals surface area contributed by atoms with Crippen LogP contribution in [0.3, 0.4) is 0 Å². The fraction of sp³-hybridized carbons (Fsp3) is 0.385. The molecule has 0 spiro atoms. The number of tetrazole rings is 1. The Balaban J connectivity index is 2.03. The van der Waals surface area contributed by atoms with Crippen LogP contribution in [0.25, 0.3) is 0 Å². The number of unbranched alkanes of at least 4 members (excludes halogenated alkanes) is 1. The molecule has 2 aromatic rings. The summed E-state index contributed by atoms with van der Waals surface area (Å²) in [7, 11) is 1.51. The third-order valence-electron chi connectivity index (χ3n) is 2.80. The van der Waals surface area contributed by atoms with E-state index in [9.17, 15) is 4.79 Å². The van der Waals surface area contributed by atoms with Crippen molar-refractivity contribution in [1.29, 1.82) is 0 Å². The number of hydrogen-bond donors (Lipinski definition) is 1. The molecular weight excluding hydrogens is 294 g/mol. The van der Waals surface area contributed by atoms with E-state index in [1.54, 1.807) is 12.1 Å². The maximum atomic E-state index is 12.1. The van der Waals surface area contributed by atoms with Gasteiger partial charge in [0.1, 0.15) is 5.75 Å². The van der Waals surface area contributed by atoms with Crippen molar-refractivity contribution >= 4 is 23.5 Å². The molecule has 8 heteroatoms. The van der Waals surface area contributed by atoms with E-state index in [0.29, 0.717) is 22.9 Å². The summed E-state index contributed by atoms with van der Waals surface area (Å²) in [4.78, 5) is 13.5. The molecule has 1 N–H and O–H groups in total. The van der Waals surface area contributed by atoms with E-state index in [4.69, 9.17) is 16.3 Å². The number of benzene rings is 1. The average Bonchev–Trinajstić information content (AvgIpc) is 2.92. The molecule has 0 fully saturated rings. The number of rotatable bonds is 6. The van der Waals surface area contributed by atoms with Crippen molar-refractivity contribution in [2.24, 2.45) is 0 Å². The molecule has 0 saturated carbocycles. The highest BCUT2D eigenvalue weighted by molar-refractivity contribution is 6.32. The first-order chi connectivity index (χ1) is 10.1. The van der Waals surface area contributed by atoms with Crippen LogP contribution in [0.15, 0.2) is 18.2 Å². The molecule has 112 valence electrons. The second-order valence-electron chi connectivity index (χ2n) is 4.37. The monoisotopic (exact) mass is 309 g/mol. The Morgan fingerprint density at radius 3 is 2.95 bits per heavy atom. The number of carbonyl (C=O) groups excluding carboxylic acids is 1. The normalized spacial score (nSPS) is 10.4. The van der Waals surface area contributed by atoms with Gasteiger partial charge in [0.15, 0.2) is 0 Å². The van der Waals surface area contributed by atoms with Crippen LogP contribution < -0.4 is 10.1 Å². The molecule has 0 bridgehead atoms. The summed E-state index contributed by atoms with van der Waals surface area (Å²) >= 11 is 5.99. The van der Waals surface area contributed by atoms with Gasteiger partial charge in [-0.3, -0.25) is 10.1 Å². The Bertz CT molecular complexity index is 629. The molecular formula is C13H16ClN5O2. The zero-order valence-corrected chi connectivity index (χ0v) is 12.6. The molecule has 0 atom stereocenters. The molecule has 7 nitrogen and oxygen atoms in total. The van der Waals surface area contributed by atoms with Crippen LogP contribution in [0.1, 0.15) is 30.1 Å². The van der Waals surface area contributed by atoms with E-state index >= 15 is 0 Å². The lowest BCUT2D eigenvalue weighted by Crippen LogP contribution is -2.13. The number of halogens is 1. The molecule has 1 heterocycles. The molecule has 1 aromatic heterocycles. The number of ether oxygens (including phenoxy) is 1. The van der Waals surface area contributed by atoms with Crippen molar-refractivity contribution in [2.45, 2.75) is 26.3 Å². The van der Waals surface area contributed by atoms with Crippen molar-refractivity contribution in [3.63, 3.8) is 0 Å². The first kappa shape index (κ1) is 15.2. The number of nitrogens with zero attached hydrogens (tertiary/aromatic N) is 4. The summed E-state index contributed by atoms with van der Waals surface area (Å²) in [6, 6.07) is 4.77. The highest BCUT2D eigenvalue weighted by atomic mass is 35.5. The molecule has 0 aliphatic carbocycles. The van der Waals surface area contributed by atoms with Gasteiger partial charge in [0.25, 0.3) is 11.9 Å². The highest BCUT2D eigenvalue weighted by Crippen LogP contribution is 2.25. The van der Waals surface area contributed by atoms with Gasteiger partial charge in [0.2, 0.25) is 0 Å². The minimum Gasteiger partial charge on any atom is -0.495 e. The summed E-state index contributed by atoms with van der Waals surface area (Å²) in [6.45, 7) is 2.75. The third-order valence-corrected chi connectivity index (χ3v) is 3.10. The number of nitrogens with one attached hydrogen (secondary N) is 1. The van der Waals surface area contributed by atoms with Gasteiger partial charge in [-0.1, -0.05) is 30.0 Å². The van der Waals surface area contributed by atoms with E-state index in [2.05, 4.69) is 27.7 Å². The molecule has 0 aliphatic heterocycles. The number of methoxy groups -OCH3 is 1. The molecule has 0 radical (unpaired) electrons. The van der Waals surface area contributed by atoms with Crippen LogP contribution in [-0.4, -0.2) is 33.2 Å². The number of amides is 1. The predicted molar refractivity (Wildman–Crippen MR) is 78.7 cm³/mol. The van der Waals surface area contributed by atoms with Gasteiger partial charge in [0, 0.05) is 5.56 Å². The van der Waals surface area contributed by atoms with Crippen LogP contribution >= 0.6 is 11.6 Å². The molecule has 0 unspecified atom stereocenters. The second-order valence-corrected chi connectivity index (χ2v) is 4.77. The third kappa shape index (κ3) is 3.91. The lowest BCUT2D eigenvalue weighted by molar-refractivity contribution is 0.102. The van der Waals surface area contributed by atoms with Gasteiger partial charge in [-0.25, -0.2) is 0 Å². The molecule has 2 rings (SSSR count). The fourth-order valence-electron chi connectivity index (χ4n) is 1.67. The predicted octanol–water partition coefficient (Wildman–Crippen LogP) is 2.39. The van der Waals surface area contributed by atoms with Gasteiger partial charge in [0.05, 0.1) is 18.7 Å². The summed E-state index contributed by atoms with van der Waals surface area (Å²) < 4.78 is 5.04. The molecule has 21 heavy (non-hydrogen) atoms. The lowest BCUT2D eigenvalue weighted by atomic mass is 10.2. The van der Waals surface area contributed by atoms with E-state index in [-0.39, 0.29) is 11.9 Å². The van der Waals surface area contributed by atoms with Gasteiger partial charge >= 0.3 is 0 Å². The van der Waals surface area contributed by atoms with Gasteiger partial charge in [-0.15, -0.1) is 5.10 Å². The Kier molecular flexibility index (Phi) is 5.10. The van der Waals surface area contributed by atoms with Crippen LogP contribution in [0.2, 0.25) is 5.02 Å². The molecule has 1 amide bonds. The lowest BCUT2D eigenvalue weighted by Gasteiger charge is -2.05. The summed E-state index contributed by atoms with van der Waals surface area (Å²) in [6.07, 6.45) is 1.99. The summed E-state index contributed by atoms with van der Waals surface area (Å²) in [5.41, 5.74) is 0.394. The number of carbonyl (C=O) groups is 1. The van der Waals surface area contributed by atoms with E-state index in [1.165, 1.54) is 18.0 Å². The van der Waals surface area contributed by atoms with Crippen LogP contribution in [0, 0.1) is 0 Å². The zero-order chi connectivity index (χ0) is 15.2. The topological polar surface area (TPSA) is 81.9 Å². The zero-order valence-electron chi connectivity index (χ0n) is 11.8. The van der Waals surface area contributed by atoms with E-state index in [1.807, 2.05) is 0 Å². The fourth-order valence-corrected chi connectivity index (χ4v) is 1.93. The minimum absolute atomic E-state index is 0.169. The van der Waals surface area contributed by atoms with Crippen LogP contribution in [0.4, 0.5) is 5.95 Å². The first-order valence-electron chi connectivity index (χ1n) is 6.56. The van der Waals surface area contributed by atoms with E-state index in [0.717, 1.165) is 12.8 Å². The minimum atomic E-state index is -0.352. The maximum absolute atomic E-state index is 12.1. The van der Waals surface area contributed by atoms with Crippen molar-refractivity contribution in [2.75, 3.05) is 12.4 Å². The quantitative estimate of drug-likeness (QED) is 0.886. The van der Waals surface area contributed by atoms with Crippen molar-refractivity contribution in [3.05, 3.63) is 28.8 Å². The van der Waals surface area contributed by atoms with E-state index < -0.39 is 0 Å². The van der Waals surface area contributed by atoms with Crippen molar-refractivity contribution in [1.82, 2.24) is 20.2 Å². The Hall–Kier alpha value is -2.15. The first-order valence-corrected chi connectivity index (χ1v) is 6.94. The molecule has 0 saturated heterocycles. The van der Waals surface area contributed by atoms with Crippen molar-refractivity contribution < 1.29 is 9.53 Å². The standard InChI is InChI=1S/C13H16ClN5O2/c1-3-4-7-19-17-13(16-18-19)15-12(20)9-5-6-11(21-2)10(14)8-9/h5-6,8H,3-4,7H2,1-2H3,(H,15,17,20). The van der Waals surface area contributed by atoms with Crippen LogP contribution in [-0.2, 0) is 6.54 Å². The number of anilines is 1. The SMILES string of the molecule is CCCCn1nnc(NC(=O)c2ccc(OC)c(Cl)c2)n1. The molecule has 0 aliphatic rings. The van der Waals surface area contributed by atoms with Crippen molar-refractivity contribution in [3.8, 4) is 5.75 Å². The smallest absolute Gasteiger partial charge is 0.270 e.